The summed E-state index contributed by atoms with van der Waals surface area (Å²) in [5.41, 5.74) is 0.941. The van der Waals surface area contributed by atoms with Gasteiger partial charge in [-0.25, -0.2) is 4.39 Å². The van der Waals surface area contributed by atoms with Gasteiger partial charge in [0.15, 0.2) is 0 Å². The molecule has 29 heavy (non-hydrogen) atoms. The molecule has 2 aromatic rings. The lowest BCUT2D eigenvalue weighted by Crippen LogP contribution is -2.30. The predicted molar refractivity (Wildman–Crippen MR) is 108 cm³/mol. The van der Waals surface area contributed by atoms with Crippen LogP contribution in [0.3, 0.4) is 0 Å². The van der Waals surface area contributed by atoms with Crippen molar-refractivity contribution in [3.63, 3.8) is 0 Å². The fourth-order valence-electron chi connectivity index (χ4n) is 3.49. The molecule has 0 bridgehead atoms. The average Bonchev–Trinajstić information content (AvgIpc) is 2.93. The van der Waals surface area contributed by atoms with Crippen LogP contribution in [0, 0.1) is 5.82 Å². The summed E-state index contributed by atoms with van der Waals surface area (Å²) in [6.45, 7) is 6.02. The molecule has 0 saturated carbocycles. The Kier molecular flexibility index (Phi) is 6.01. The van der Waals surface area contributed by atoms with E-state index >= 15 is 0 Å². The van der Waals surface area contributed by atoms with Crippen molar-refractivity contribution in [2.75, 3.05) is 6.54 Å². The van der Waals surface area contributed by atoms with Gasteiger partial charge in [0.1, 0.15) is 17.3 Å². The Balaban J connectivity index is 2.13. The molecule has 1 aliphatic rings. The fourth-order valence-corrected chi connectivity index (χ4v) is 3.49. The first-order valence-corrected chi connectivity index (χ1v) is 9.64. The minimum atomic E-state index is -0.773. The van der Waals surface area contributed by atoms with Gasteiger partial charge in [0, 0.05) is 12.1 Å². The second kappa shape index (κ2) is 8.47. The van der Waals surface area contributed by atoms with E-state index in [9.17, 15) is 19.1 Å². The van der Waals surface area contributed by atoms with E-state index in [1.165, 1.54) is 29.2 Å². The maximum atomic E-state index is 13.4. The molecule has 2 aromatic carbocycles. The van der Waals surface area contributed by atoms with Gasteiger partial charge in [-0.15, -0.1) is 0 Å². The van der Waals surface area contributed by atoms with Gasteiger partial charge < -0.3 is 14.7 Å². The molecule has 1 heterocycles. The molecule has 0 radical (unpaired) electrons. The van der Waals surface area contributed by atoms with Crippen LogP contribution in [0.4, 0.5) is 4.39 Å². The molecule has 152 valence electrons. The third kappa shape index (κ3) is 4.16. The van der Waals surface area contributed by atoms with Gasteiger partial charge in [-0.3, -0.25) is 9.59 Å². The lowest BCUT2D eigenvalue weighted by molar-refractivity contribution is -0.139. The van der Waals surface area contributed by atoms with E-state index in [2.05, 4.69) is 0 Å². The summed E-state index contributed by atoms with van der Waals surface area (Å²) < 4.78 is 19.1. The number of hydrogen-bond donors (Lipinski definition) is 1. The number of aliphatic hydroxyl groups excluding tert-OH is 1. The van der Waals surface area contributed by atoms with E-state index in [1.807, 2.05) is 20.8 Å². The van der Waals surface area contributed by atoms with Crippen molar-refractivity contribution in [1.82, 2.24) is 4.90 Å². The zero-order valence-electron chi connectivity index (χ0n) is 16.7. The van der Waals surface area contributed by atoms with Crippen LogP contribution in [-0.2, 0) is 9.59 Å². The van der Waals surface area contributed by atoms with Gasteiger partial charge in [0.2, 0.25) is 0 Å². The fraction of sp³-hybridized carbons (Fsp3) is 0.304. The SMILES string of the molecule is CCCN1C(=O)C(=O)/C(=C(\O)c2cccc(OC(C)C)c2)C1c1ccc(F)cc1. The highest BCUT2D eigenvalue weighted by Crippen LogP contribution is 2.39. The van der Waals surface area contributed by atoms with Crippen molar-refractivity contribution in [2.24, 2.45) is 0 Å². The molecule has 6 heteroatoms. The number of halogens is 1. The molecule has 0 aliphatic carbocycles. The highest BCUT2D eigenvalue weighted by molar-refractivity contribution is 6.46. The summed E-state index contributed by atoms with van der Waals surface area (Å²) in [4.78, 5) is 26.9. The Morgan fingerprint density at radius 3 is 2.48 bits per heavy atom. The first kappa shape index (κ1) is 20.6. The number of ether oxygens (including phenoxy) is 1. The van der Waals surface area contributed by atoms with E-state index in [-0.39, 0.29) is 17.4 Å². The van der Waals surface area contributed by atoms with E-state index < -0.39 is 23.5 Å². The molecule has 1 amide bonds. The number of likely N-dealkylation sites (tertiary alicyclic amines) is 1. The van der Waals surface area contributed by atoms with Crippen molar-refractivity contribution < 1.29 is 23.8 Å². The molecule has 3 rings (SSSR count). The third-order valence-corrected chi connectivity index (χ3v) is 4.67. The molecule has 5 nitrogen and oxygen atoms in total. The standard InChI is InChI=1S/C23H24FNO4/c1-4-12-25-20(15-8-10-17(24)11-9-15)19(22(27)23(25)28)21(26)16-6-5-7-18(13-16)29-14(2)3/h5-11,13-14,20,26H,4,12H2,1-3H3/b21-19-. The van der Waals surface area contributed by atoms with E-state index in [1.54, 1.807) is 24.3 Å². The molecular formula is C23H24FNO4. The normalized spacial score (nSPS) is 18.5. The summed E-state index contributed by atoms with van der Waals surface area (Å²) >= 11 is 0. The Hall–Kier alpha value is -3.15. The zero-order chi connectivity index (χ0) is 21.1. The van der Waals surface area contributed by atoms with Crippen molar-refractivity contribution in [2.45, 2.75) is 39.3 Å². The smallest absolute Gasteiger partial charge is 0.295 e. The van der Waals surface area contributed by atoms with Crippen molar-refractivity contribution in [1.29, 1.82) is 0 Å². The van der Waals surface area contributed by atoms with Crippen LogP contribution in [0.2, 0.25) is 0 Å². The lowest BCUT2D eigenvalue weighted by atomic mass is 9.95. The first-order chi connectivity index (χ1) is 13.8. The summed E-state index contributed by atoms with van der Waals surface area (Å²) in [5, 5.41) is 11.0. The molecule has 1 unspecified atom stereocenters. The topological polar surface area (TPSA) is 66.8 Å². The molecular weight excluding hydrogens is 373 g/mol. The molecule has 0 spiro atoms. The van der Waals surface area contributed by atoms with E-state index in [0.717, 1.165) is 0 Å². The average molecular weight is 397 g/mol. The maximum absolute atomic E-state index is 13.4. The van der Waals surface area contributed by atoms with E-state index in [0.29, 0.717) is 29.8 Å². The zero-order valence-corrected chi connectivity index (χ0v) is 16.7. The number of ketones is 1. The number of carbonyl (C=O) groups excluding carboxylic acids is 2. The number of nitrogens with zero attached hydrogens (tertiary/aromatic N) is 1. The third-order valence-electron chi connectivity index (χ3n) is 4.67. The quantitative estimate of drug-likeness (QED) is 0.444. The Bertz CT molecular complexity index is 950. The van der Waals surface area contributed by atoms with Crippen LogP contribution in [0.5, 0.6) is 5.75 Å². The number of amides is 1. The number of carbonyl (C=O) groups is 2. The number of benzene rings is 2. The summed E-state index contributed by atoms with van der Waals surface area (Å²) in [6, 6.07) is 11.6. The number of hydrogen-bond acceptors (Lipinski definition) is 4. The van der Waals surface area contributed by atoms with Crippen molar-refractivity contribution in [3.8, 4) is 5.75 Å². The first-order valence-electron chi connectivity index (χ1n) is 9.64. The van der Waals surface area contributed by atoms with Crippen molar-refractivity contribution in [3.05, 3.63) is 71.0 Å². The second-order valence-electron chi connectivity index (χ2n) is 7.24. The monoisotopic (exact) mass is 397 g/mol. The highest BCUT2D eigenvalue weighted by Gasteiger charge is 2.45. The van der Waals surface area contributed by atoms with Gasteiger partial charge in [0.25, 0.3) is 11.7 Å². The second-order valence-corrected chi connectivity index (χ2v) is 7.24. The van der Waals surface area contributed by atoms with Gasteiger partial charge in [-0.2, -0.15) is 0 Å². The van der Waals surface area contributed by atoms with Crippen LogP contribution in [0.25, 0.3) is 5.76 Å². The van der Waals surface area contributed by atoms with Crippen LogP contribution < -0.4 is 4.74 Å². The van der Waals surface area contributed by atoms with Crippen LogP contribution >= 0.6 is 0 Å². The van der Waals surface area contributed by atoms with E-state index in [4.69, 9.17) is 4.74 Å². The molecule has 0 aromatic heterocycles. The minimum absolute atomic E-state index is 0.00300. The predicted octanol–water partition coefficient (Wildman–Crippen LogP) is 4.44. The summed E-state index contributed by atoms with van der Waals surface area (Å²) in [6.07, 6.45) is 0.587. The Morgan fingerprint density at radius 2 is 1.86 bits per heavy atom. The molecule has 1 saturated heterocycles. The van der Waals surface area contributed by atoms with Gasteiger partial charge in [-0.1, -0.05) is 31.2 Å². The number of Topliss-reactive ketones (excluding diaryl/α,β-unsaturated/α-hetero) is 1. The van der Waals surface area contributed by atoms with Crippen LogP contribution in [-0.4, -0.2) is 34.3 Å². The lowest BCUT2D eigenvalue weighted by Gasteiger charge is -2.24. The minimum Gasteiger partial charge on any atom is -0.507 e. The van der Waals surface area contributed by atoms with Crippen molar-refractivity contribution >= 4 is 17.4 Å². The summed E-state index contributed by atoms with van der Waals surface area (Å²) in [5.74, 6) is -1.56. The number of rotatable bonds is 6. The molecule has 1 aliphatic heterocycles. The van der Waals surface area contributed by atoms with Crippen LogP contribution in [0.15, 0.2) is 54.1 Å². The molecule has 1 atom stereocenters. The molecule has 1 N–H and O–H groups in total. The maximum Gasteiger partial charge on any atom is 0.295 e. The Labute approximate surface area is 169 Å². The summed E-state index contributed by atoms with van der Waals surface area (Å²) in [7, 11) is 0. The highest BCUT2D eigenvalue weighted by atomic mass is 19.1. The van der Waals surface area contributed by atoms with Gasteiger partial charge in [-0.05, 0) is 50.1 Å². The van der Waals surface area contributed by atoms with Gasteiger partial charge in [0.05, 0.1) is 17.7 Å². The number of aliphatic hydroxyl groups is 1. The Morgan fingerprint density at radius 1 is 1.17 bits per heavy atom. The molecule has 1 fully saturated rings. The van der Waals surface area contributed by atoms with Crippen LogP contribution in [0.1, 0.15) is 44.4 Å². The van der Waals surface area contributed by atoms with Gasteiger partial charge >= 0.3 is 0 Å². The largest absolute Gasteiger partial charge is 0.507 e.